The summed E-state index contributed by atoms with van der Waals surface area (Å²) in [6.07, 6.45) is 1.32. The molecule has 0 atom stereocenters. The number of carbonyl (C=O) groups is 3. The SMILES string of the molecule is O=C1NC(=O)N(c2ccc3c(c2)OCO3)C(=O)C1=Cc1cc(Br)c(N2CCOCC2)o1. The molecule has 1 aromatic heterocycles. The molecule has 3 aliphatic rings. The molecule has 3 aliphatic heterocycles. The summed E-state index contributed by atoms with van der Waals surface area (Å²) in [6.45, 7) is 2.54. The highest BCUT2D eigenvalue weighted by Crippen LogP contribution is 2.37. The Hall–Kier alpha value is -3.31. The number of ether oxygens (including phenoxy) is 3. The molecule has 11 heteroatoms. The van der Waals surface area contributed by atoms with Gasteiger partial charge < -0.3 is 23.5 Å². The monoisotopic (exact) mass is 489 g/mol. The van der Waals surface area contributed by atoms with Crippen LogP contribution in [0.2, 0.25) is 0 Å². The van der Waals surface area contributed by atoms with Crippen LogP contribution < -0.4 is 24.6 Å². The molecule has 1 N–H and O–H groups in total. The number of nitrogens with one attached hydrogen (secondary N) is 1. The highest BCUT2D eigenvalue weighted by atomic mass is 79.9. The third-order valence-corrected chi connectivity index (χ3v) is 5.56. The first-order valence-electron chi connectivity index (χ1n) is 9.44. The molecule has 4 amide bonds. The van der Waals surface area contributed by atoms with Gasteiger partial charge in [-0.1, -0.05) is 0 Å². The molecule has 160 valence electrons. The van der Waals surface area contributed by atoms with E-state index in [1.165, 1.54) is 12.1 Å². The first-order valence-corrected chi connectivity index (χ1v) is 10.2. The fourth-order valence-electron chi connectivity index (χ4n) is 3.49. The van der Waals surface area contributed by atoms with Crippen LogP contribution in [-0.2, 0) is 14.3 Å². The Morgan fingerprint density at radius 2 is 1.81 bits per heavy atom. The van der Waals surface area contributed by atoms with Crippen molar-refractivity contribution < 1.29 is 33.0 Å². The fraction of sp³-hybridized carbons (Fsp3) is 0.250. The highest BCUT2D eigenvalue weighted by Gasteiger charge is 2.38. The number of benzene rings is 1. The zero-order valence-corrected chi connectivity index (χ0v) is 17.6. The number of rotatable bonds is 3. The molecule has 0 radical (unpaired) electrons. The van der Waals surface area contributed by atoms with E-state index in [0.717, 1.165) is 4.90 Å². The normalized spacial score (nSPS) is 19.9. The maximum absolute atomic E-state index is 13.1. The highest BCUT2D eigenvalue weighted by molar-refractivity contribution is 9.10. The predicted molar refractivity (Wildman–Crippen MR) is 111 cm³/mol. The molecule has 2 saturated heterocycles. The van der Waals surface area contributed by atoms with Crippen molar-refractivity contribution in [2.24, 2.45) is 0 Å². The average Bonchev–Trinajstić information content (AvgIpc) is 3.37. The lowest BCUT2D eigenvalue weighted by Crippen LogP contribution is -2.54. The number of amides is 4. The summed E-state index contributed by atoms with van der Waals surface area (Å²) in [4.78, 5) is 40.7. The van der Waals surface area contributed by atoms with Crippen molar-refractivity contribution in [2.45, 2.75) is 0 Å². The second-order valence-corrected chi connectivity index (χ2v) is 7.75. The maximum atomic E-state index is 13.1. The van der Waals surface area contributed by atoms with Gasteiger partial charge in [0.1, 0.15) is 11.3 Å². The summed E-state index contributed by atoms with van der Waals surface area (Å²) in [6, 6.07) is 5.46. The molecule has 0 saturated carbocycles. The first-order chi connectivity index (χ1) is 15.0. The van der Waals surface area contributed by atoms with Gasteiger partial charge in [-0.05, 0) is 34.1 Å². The lowest BCUT2D eigenvalue weighted by molar-refractivity contribution is -0.122. The molecular formula is C20H16BrN3O7. The summed E-state index contributed by atoms with van der Waals surface area (Å²) >= 11 is 3.45. The molecule has 4 heterocycles. The summed E-state index contributed by atoms with van der Waals surface area (Å²) in [7, 11) is 0. The Bertz CT molecular complexity index is 1120. The van der Waals surface area contributed by atoms with E-state index < -0.39 is 17.8 Å². The van der Waals surface area contributed by atoms with Crippen molar-refractivity contribution >= 4 is 51.4 Å². The van der Waals surface area contributed by atoms with Gasteiger partial charge in [0, 0.05) is 25.2 Å². The Kier molecular flexibility index (Phi) is 4.91. The lowest BCUT2D eigenvalue weighted by Gasteiger charge is -2.27. The number of anilines is 2. The topological polar surface area (TPSA) is 111 Å². The van der Waals surface area contributed by atoms with E-state index in [2.05, 4.69) is 21.2 Å². The molecule has 2 fully saturated rings. The van der Waals surface area contributed by atoms with Crippen LogP contribution in [0.3, 0.4) is 0 Å². The zero-order valence-electron chi connectivity index (χ0n) is 16.1. The smallest absolute Gasteiger partial charge is 0.335 e. The molecule has 5 rings (SSSR count). The average molecular weight is 490 g/mol. The van der Waals surface area contributed by atoms with Crippen molar-refractivity contribution in [3.8, 4) is 11.5 Å². The van der Waals surface area contributed by atoms with Gasteiger partial charge in [-0.2, -0.15) is 0 Å². The number of urea groups is 1. The number of hydrogen-bond donors (Lipinski definition) is 1. The van der Waals surface area contributed by atoms with Crippen LogP contribution in [0.1, 0.15) is 5.76 Å². The predicted octanol–water partition coefficient (Wildman–Crippen LogP) is 2.27. The van der Waals surface area contributed by atoms with E-state index in [1.54, 1.807) is 18.2 Å². The van der Waals surface area contributed by atoms with Gasteiger partial charge in [0.25, 0.3) is 11.8 Å². The van der Waals surface area contributed by atoms with Crippen molar-refractivity contribution in [2.75, 3.05) is 42.9 Å². The van der Waals surface area contributed by atoms with Gasteiger partial charge in [0.15, 0.2) is 11.5 Å². The third kappa shape index (κ3) is 3.55. The second kappa shape index (κ2) is 7.75. The molecule has 2 aromatic rings. The Morgan fingerprint density at radius 1 is 1.03 bits per heavy atom. The van der Waals surface area contributed by atoms with Crippen molar-refractivity contribution in [3.05, 3.63) is 40.1 Å². The summed E-state index contributed by atoms with van der Waals surface area (Å²) < 4.78 is 22.5. The molecule has 0 bridgehead atoms. The Morgan fingerprint density at radius 3 is 2.61 bits per heavy atom. The second-order valence-electron chi connectivity index (χ2n) is 6.90. The number of morpholine rings is 1. The van der Waals surface area contributed by atoms with Crippen LogP contribution in [-0.4, -0.2) is 50.9 Å². The molecular weight excluding hydrogens is 474 g/mol. The van der Waals surface area contributed by atoms with E-state index in [4.69, 9.17) is 18.6 Å². The van der Waals surface area contributed by atoms with Crippen LogP contribution in [0.5, 0.6) is 11.5 Å². The van der Waals surface area contributed by atoms with Gasteiger partial charge in [0.2, 0.25) is 12.7 Å². The number of carbonyl (C=O) groups excluding carboxylic acids is 3. The fourth-order valence-corrected chi connectivity index (χ4v) is 4.05. The molecule has 31 heavy (non-hydrogen) atoms. The summed E-state index contributed by atoms with van der Waals surface area (Å²) in [5.74, 6) is 0.233. The van der Waals surface area contributed by atoms with Gasteiger partial charge in [0.05, 0.1) is 23.4 Å². The number of halogens is 1. The van der Waals surface area contributed by atoms with E-state index in [1.807, 2.05) is 4.90 Å². The Labute approximate surface area is 184 Å². The van der Waals surface area contributed by atoms with Gasteiger partial charge in [-0.15, -0.1) is 0 Å². The Balaban J connectivity index is 1.46. The van der Waals surface area contributed by atoms with E-state index >= 15 is 0 Å². The molecule has 10 nitrogen and oxygen atoms in total. The quantitative estimate of drug-likeness (QED) is 0.516. The minimum absolute atomic E-state index is 0.0570. The number of furan rings is 1. The van der Waals surface area contributed by atoms with Crippen LogP contribution in [0.4, 0.5) is 16.4 Å². The van der Waals surface area contributed by atoms with Crippen LogP contribution in [0, 0.1) is 0 Å². The molecule has 0 unspecified atom stereocenters. The number of hydrogen-bond acceptors (Lipinski definition) is 8. The first kappa shape index (κ1) is 19.6. The minimum Gasteiger partial charge on any atom is -0.454 e. The summed E-state index contributed by atoms with van der Waals surface area (Å²) in [5, 5.41) is 2.19. The molecule has 1 aromatic carbocycles. The largest absolute Gasteiger partial charge is 0.454 e. The van der Waals surface area contributed by atoms with Gasteiger partial charge >= 0.3 is 6.03 Å². The van der Waals surface area contributed by atoms with Crippen molar-refractivity contribution in [1.29, 1.82) is 0 Å². The van der Waals surface area contributed by atoms with Crippen LogP contribution in [0.25, 0.3) is 6.08 Å². The molecule has 0 aliphatic carbocycles. The number of nitrogens with zero attached hydrogens (tertiary/aromatic N) is 2. The van der Waals surface area contributed by atoms with E-state index in [9.17, 15) is 14.4 Å². The molecule has 0 spiro atoms. The van der Waals surface area contributed by atoms with Gasteiger partial charge in [-0.3, -0.25) is 14.9 Å². The van der Waals surface area contributed by atoms with Gasteiger partial charge in [-0.25, -0.2) is 9.69 Å². The zero-order chi connectivity index (χ0) is 21.5. The van der Waals surface area contributed by atoms with Crippen LogP contribution in [0.15, 0.2) is 38.7 Å². The number of fused-ring (bicyclic) bond motifs is 1. The maximum Gasteiger partial charge on any atom is 0.335 e. The summed E-state index contributed by atoms with van der Waals surface area (Å²) in [5.41, 5.74) is 0.0202. The van der Waals surface area contributed by atoms with Crippen molar-refractivity contribution in [3.63, 3.8) is 0 Å². The number of barbiturate groups is 1. The van der Waals surface area contributed by atoms with Crippen LogP contribution >= 0.6 is 15.9 Å². The third-order valence-electron chi connectivity index (χ3n) is 4.99. The van der Waals surface area contributed by atoms with Crippen molar-refractivity contribution in [1.82, 2.24) is 5.32 Å². The van der Waals surface area contributed by atoms with E-state index in [0.29, 0.717) is 53.9 Å². The standard InChI is InChI=1S/C20H16BrN3O7/c21-14-9-12(31-19(14)23-3-5-28-6-4-23)8-13-17(25)22-20(27)24(18(13)26)11-1-2-15-16(7-11)30-10-29-15/h1-2,7-9H,3-6,10H2,(H,22,25,27). The minimum atomic E-state index is -0.847. The van der Waals surface area contributed by atoms with E-state index in [-0.39, 0.29) is 18.1 Å². The number of imide groups is 2. The lowest BCUT2D eigenvalue weighted by atomic mass is 10.1.